The van der Waals surface area contributed by atoms with E-state index in [0.29, 0.717) is 13.2 Å². The van der Waals surface area contributed by atoms with Crippen LogP contribution in [0.2, 0.25) is 0 Å². The van der Waals surface area contributed by atoms with E-state index in [4.69, 9.17) is 10.5 Å². The smallest absolute Gasteiger partial charge is 0.119 e. The lowest BCUT2D eigenvalue weighted by atomic mass is 10.0. The van der Waals surface area contributed by atoms with Crippen LogP contribution in [0.15, 0.2) is 78.9 Å². The maximum absolute atomic E-state index is 5.81. The Kier molecular flexibility index (Phi) is 4.52. The molecule has 2 nitrogen and oxygen atoms in total. The third kappa shape index (κ3) is 3.54. The SMILES string of the molecule is NCc1cccc(-c2cccc(COc3ccccc3)c2)c1. The summed E-state index contributed by atoms with van der Waals surface area (Å²) in [5.41, 5.74) is 10.4. The van der Waals surface area contributed by atoms with Gasteiger partial charge in [-0.05, 0) is 46.5 Å². The highest BCUT2D eigenvalue weighted by atomic mass is 16.5. The minimum atomic E-state index is 0.560. The van der Waals surface area contributed by atoms with E-state index in [9.17, 15) is 0 Å². The van der Waals surface area contributed by atoms with Crippen LogP contribution in [0, 0.1) is 0 Å². The maximum atomic E-state index is 5.81. The Morgan fingerprint density at radius 2 is 1.32 bits per heavy atom. The summed E-state index contributed by atoms with van der Waals surface area (Å²) in [4.78, 5) is 0. The van der Waals surface area contributed by atoms with Crippen LogP contribution in [0.25, 0.3) is 11.1 Å². The van der Waals surface area contributed by atoms with Gasteiger partial charge in [-0.2, -0.15) is 0 Å². The van der Waals surface area contributed by atoms with Crippen LogP contribution in [-0.2, 0) is 13.2 Å². The topological polar surface area (TPSA) is 35.2 Å². The zero-order chi connectivity index (χ0) is 15.2. The molecule has 0 aromatic heterocycles. The Morgan fingerprint density at radius 1 is 0.682 bits per heavy atom. The molecule has 0 atom stereocenters. The van der Waals surface area contributed by atoms with E-state index in [1.54, 1.807) is 0 Å². The summed E-state index contributed by atoms with van der Waals surface area (Å²) < 4.78 is 5.81. The molecule has 0 bridgehead atoms. The van der Waals surface area contributed by atoms with Crippen molar-refractivity contribution in [2.75, 3.05) is 0 Å². The third-order valence-electron chi connectivity index (χ3n) is 3.57. The summed E-state index contributed by atoms with van der Waals surface area (Å²) in [5.74, 6) is 0.887. The normalized spacial score (nSPS) is 10.4. The van der Waals surface area contributed by atoms with Gasteiger partial charge in [-0.15, -0.1) is 0 Å². The monoisotopic (exact) mass is 289 g/mol. The van der Waals surface area contributed by atoms with E-state index < -0.39 is 0 Å². The van der Waals surface area contributed by atoms with Crippen molar-refractivity contribution in [3.8, 4) is 16.9 Å². The molecule has 0 spiro atoms. The molecule has 3 aromatic carbocycles. The second-order valence-corrected chi connectivity index (χ2v) is 5.21. The zero-order valence-corrected chi connectivity index (χ0v) is 12.4. The van der Waals surface area contributed by atoms with Crippen molar-refractivity contribution in [3.05, 3.63) is 90.0 Å². The fourth-order valence-corrected chi connectivity index (χ4v) is 2.40. The van der Waals surface area contributed by atoms with Gasteiger partial charge in [-0.3, -0.25) is 0 Å². The van der Waals surface area contributed by atoms with E-state index in [0.717, 1.165) is 16.9 Å². The maximum Gasteiger partial charge on any atom is 0.119 e. The van der Waals surface area contributed by atoms with Crippen LogP contribution in [0.4, 0.5) is 0 Å². The minimum Gasteiger partial charge on any atom is -0.489 e. The summed E-state index contributed by atoms with van der Waals surface area (Å²) in [5, 5.41) is 0. The van der Waals surface area contributed by atoms with Crippen molar-refractivity contribution in [1.29, 1.82) is 0 Å². The van der Waals surface area contributed by atoms with Gasteiger partial charge in [0.25, 0.3) is 0 Å². The van der Waals surface area contributed by atoms with Crippen LogP contribution < -0.4 is 10.5 Å². The van der Waals surface area contributed by atoms with Crippen LogP contribution in [0.3, 0.4) is 0 Å². The summed E-state index contributed by atoms with van der Waals surface area (Å²) >= 11 is 0. The molecule has 0 aliphatic carbocycles. The first-order chi connectivity index (χ1) is 10.8. The lowest BCUT2D eigenvalue weighted by Crippen LogP contribution is -1.97. The highest BCUT2D eigenvalue weighted by Gasteiger charge is 2.01. The number of hydrogen-bond donors (Lipinski definition) is 1. The van der Waals surface area contributed by atoms with E-state index in [1.165, 1.54) is 11.1 Å². The number of hydrogen-bond acceptors (Lipinski definition) is 2. The number of nitrogens with two attached hydrogens (primary N) is 1. The van der Waals surface area contributed by atoms with Gasteiger partial charge >= 0.3 is 0 Å². The molecule has 0 heterocycles. The summed E-state index contributed by atoms with van der Waals surface area (Å²) in [6.45, 7) is 1.12. The number of ether oxygens (including phenoxy) is 1. The fourth-order valence-electron chi connectivity index (χ4n) is 2.40. The first-order valence-corrected chi connectivity index (χ1v) is 7.41. The van der Waals surface area contributed by atoms with Gasteiger partial charge in [0.05, 0.1) is 0 Å². The molecule has 0 radical (unpaired) electrons. The molecule has 0 fully saturated rings. The fraction of sp³-hybridized carbons (Fsp3) is 0.100. The predicted molar refractivity (Wildman–Crippen MR) is 90.5 cm³/mol. The Bertz CT molecular complexity index is 737. The third-order valence-corrected chi connectivity index (χ3v) is 3.57. The van der Waals surface area contributed by atoms with Crippen LogP contribution >= 0.6 is 0 Å². The molecule has 0 saturated heterocycles. The van der Waals surface area contributed by atoms with Gasteiger partial charge in [-0.1, -0.05) is 54.6 Å². The first kappa shape index (κ1) is 14.4. The highest BCUT2D eigenvalue weighted by molar-refractivity contribution is 5.64. The van der Waals surface area contributed by atoms with Crippen molar-refractivity contribution >= 4 is 0 Å². The Labute approximate surface area is 131 Å². The Balaban J connectivity index is 1.77. The van der Waals surface area contributed by atoms with Crippen molar-refractivity contribution in [1.82, 2.24) is 0 Å². The Morgan fingerprint density at radius 3 is 2.00 bits per heavy atom. The lowest BCUT2D eigenvalue weighted by molar-refractivity contribution is 0.306. The standard InChI is InChI=1S/C20H19NO/c21-14-16-6-4-8-18(12-16)19-9-5-7-17(13-19)15-22-20-10-2-1-3-11-20/h1-13H,14-15,21H2. The number of para-hydroxylation sites is 1. The molecule has 2 heteroatoms. The molecular formula is C20H19NO. The molecule has 0 aliphatic heterocycles. The number of benzene rings is 3. The van der Waals surface area contributed by atoms with E-state index in [1.807, 2.05) is 42.5 Å². The van der Waals surface area contributed by atoms with E-state index in [-0.39, 0.29) is 0 Å². The van der Waals surface area contributed by atoms with Gasteiger partial charge in [0.15, 0.2) is 0 Å². The van der Waals surface area contributed by atoms with Crippen LogP contribution in [-0.4, -0.2) is 0 Å². The van der Waals surface area contributed by atoms with E-state index >= 15 is 0 Å². The number of rotatable bonds is 5. The molecule has 110 valence electrons. The molecular weight excluding hydrogens is 270 g/mol. The molecule has 0 saturated carbocycles. The van der Waals surface area contributed by atoms with Crippen molar-refractivity contribution < 1.29 is 4.74 Å². The Hall–Kier alpha value is -2.58. The van der Waals surface area contributed by atoms with Crippen LogP contribution in [0.1, 0.15) is 11.1 Å². The summed E-state index contributed by atoms with van der Waals surface area (Å²) in [6, 6.07) is 26.6. The largest absolute Gasteiger partial charge is 0.489 e. The van der Waals surface area contributed by atoms with Crippen molar-refractivity contribution in [2.45, 2.75) is 13.2 Å². The van der Waals surface area contributed by atoms with Gasteiger partial charge in [0, 0.05) is 6.54 Å². The molecule has 0 amide bonds. The molecule has 0 unspecified atom stereocenters. The first-order valence-electron chi connectivity index (χ1n) is 7.41. The predicted octanol–water partition coefficient (Wildman–Crippen LogP) is 4.39. The second-order valence-electron chi connectivity index (χ2n) is 5.21. The van der Waals surface area contributed by atoms with Crippen molar-refractivity contribution in [2.24, 2.45) is 5.73 Å². The molecule has 3 rings (SSSR count). The minimum absolute atomic E-state index is 0.560. The average molecular weight is 289 g/mol. The molecule has 3 aromatic rings. The van der Waals surface area contributed by atoms with Crippen LogP contribution in [0.5, 0.6) is 5.75 Å². The van der Waals surface area contributed by atoms with Gasteiger partial charge in [0.1, 0.15) is 12.4 Å². The highest BCUT2D eigenvalue weighted by Crippen LogP contribution is 2.22. The summed E-state index contributed by atoms with van der Waals surface area (Å²) in [7, 11) is 0. The second kappa shape index (κ2) is 6.92. The van der Waals surface area contributed by atoms with E-state index in [2.05, 4.69) is 36.4 Å². The van der Waals surface area contributed by atoms with Gasteiger partial charge in [-0.25, -0.2) is 0 Å². The summed E-state index contributed by atoms with van der Waals surface area (Å²) in [6.07, 6.45) is 0. The quantitative estimate of drug-likeness (QED) is 0.756. The molecule has 0 aliphatic rings. The average Bonchev–Trinajstić information content (AvgIpc) is 2.61. The van der Waals surface area contributed by atoms with Gasteiger partial charge < -0.3 is 10.5 Å². The lowest BCUT2D eigenvalue weighted by Gasteiger charge is -2.09. The molecule has 22 heavy (non-hydrogen) atoms. The molecule has 2 N–H and O–H groups in total. The zero-order valence-electron chi connectivity index (χ0n) is 12.4. The van der Waals surface area contributed by atoms with Crippen molar-refractivity contribution in [3.63, 3.8) is 0 Å². The van der Waals surface area contributed by atoms with Gasteiger partial charge in [0.2, 0.25) is 0 Å².